The minimum Gasteiger partial charge on any atom is -0.360 e. The van der Waals surface area contributed by atoms with Crippen molar-refractivity contribution in [1.82, 2.24) is 19.6 Å². The second-order valence-electron chi connectivity index (χ2n) is 7.65. The van der Waals surface area contributed by atoms with Gasteiger partial charge in [0, 0.05) is 19.0 Å². The van der Waals surface area contributed by atoms with Gasteiger partial charge in [-0.25, -0.2) is 8.42 Å². The summed E-state index contributed by atoms with van der Waals surface area (Å²) in [5.41, 5.74) is 6.31. The Labute approximate surface area is 170 Å². The summed E-state index contributed by atoms with van der Waals surface area (Å²) in [4.78, 5) is 4.73. The fourth-order valence-corrected chi connectivity index (χ4v) is 5.91. The molecule has 1 aliphatic heterocycles. The van der Waals surface area contributed by atoms with Gasteiger partial charge in [0.05, 0.1) is 5.54 Å². The van der Waals surface area contributed by atoms with Crippen molar-refractivity contribution in [2.75, 3.05) is 13.1 Å². The van der Waals surface area contributed by atoms with Crippen LogP contribution in [0.1, 0.15) is 67.6 Å². The monoisotopic (exact) mass is 431 g/mol. The Balaban J connectivity index is 0.00000225. The Kier molecular flexibility index (Phi) is 5.86. The second-order valence-corrected chi connectivity index (χ2v) is 9.53. The fraction of sp³-hybridized carbons (Fsp3) is 0.706. The zero-order chi connectivity index (χ0) is 19.2. The first kappa shape index (κ1) is 21.2. The molecule has 0 amide bonds. The number of nitrogens with zero attached hydrogens (tertiary/aromatic N) is 4. The summed E-state index contributed by atoms with van der Waals surface area (Å²) in [6, 6.07) is 0. The third kappa shape index (κ3) is 3.58. The van der Waals surface area contributed by atoms with Crippen molar-refractivity contribution in [2.45, 2.75) is 68.7 Å². The molecule has 4 rings (SSSR count). The number of aryl methyl sites for hydroxylation is 2. The van der Waals surface area contributed by atoms with E-state index in [-0.39, 0.29) is 23.2 Å². The van der Waals surface area contributed by atoms with E-state index in [0.29, 0.717) is 49.1 Å². The molecule has 2 N–H and O–H groups in total. The lowest BCUT2D eigenvalue weighted by molar-refractivity contribution is 0.268. The van der Waals surface area contributed by atoms with Gasteiger partial charge in [-0.05, 0) is 39.5 Å². The zero-order valence-electron chi connectivity index (χ0n) is 16.0. The van der Waals surface area contributed by atoms with E-state index in [9.17, 15) is 8.42 Å². The van der Waals surface area contributed by atoms with Crippen molar-refractivity contribution in [2.24, 2.45) is 5.73 Å². The molecule has 0 spiro atoms. The van der Waals surface area contributed by atoms with E-state index in [0.717, 1.165) is 25.7 Å². The predicted octanol–water partition coefficient (Wildman–Crippen LogP) is 2.39. The third-order valence-corrected chi connectivity index (χ3v) is 7.90. The summed E-state index contributed by atoms with van der Waals surface area (Å²) in [7, 11) is -3.61. The standard InChI is InChI=1S/C17H25N5O4S.ClH/c1-11-14(12(2)25-20-11)27(23,24)22-9-5-13(6-10-22)15-19-16(21-26-15)17(18)7-3-4-8-17;/h13H,3-10,18H2,1-2H3;1H. The van der Waals surface area contributed by atoms with Gasteiger partial charge < -0.3 is 14.8 Å². The molecule has 2 fully saturated rings. The highest BCUT2D eigenvalue weighted by Gasteiger charge is 2.38. The minimum absolute atomic E-state index is 0. The van der Waals surface area contributed by atoms with Crippen molar-refractivity contribution in [3.63, 3.8) is 0 Å². The van der Waals surface area contributed by atoms with E-state index < -0.39 is 15.6 Å². The average molecular weight is 432 g/mol. The minimum atomic E-state index is -3.61. The maximum absolute atomic E-state index is 12.9. The number of nitrogens with two attached hydrogens (primary N) is 1. The highest BCUT2D eigenvalue weighted by atomic mass is 35.5. The first-order valence-electron chi connectivity index (χ1n) is 9.37. The van der Waals surface area contributed by atoms with Crippen LogP contribution in [0, 0.1) is 13.8 Å². The second kappa shape index (κ2) is 7.74. The number of hydrogen-bond acceptors (Lipinski definition) is 8. The lowest BCUT2D eigenvalue weighted by Crippen LogP contribution is -2.38. The third-order valence-electron chi connectivity index (χ3n) is 5.75. The SMILES string of the molecule is Cc1noc(C)c1S(=O)(=O)N1CCC(c2nc(C3(N)CCCC3)no2)CC1.Cl. The summed E-state index contributed by atoms with van der Waals surface area (Å²) in [5, 5.41) is 7.87. The topological polar surface area (TPSA) is 128 Å². The van der Waals surface area contributed by atoms with Crippen LogP contribution in [0.5, 0.6) is 0 Å². The molecule has 11 heteroatoms. The fourth-order valence-electron chi connectivity index (χ4n) is 4.15. The summed E-state index contributed by atoms with van der Waals surface area (Å²) >= 11 is 0. The van der Waals surface area contributed by atoms with E-state index in [1.54, 1.807) is 13.8 Å². The molecular weight excluding hydrogens is 406 g/mol. The molecule has 9 nitrogen and oxygen atoms in total. The smallest absolute Gasteiger partial charge is 0.248 e. The van der Waals surface area contributed by atoms with Crippen molar-refractivity contribution in [1.29, 1.82) is 0 Å². The predicted molar refractivity (Wildman–Crippen MR) is 103 cm³/mol. The molecule has 3 heterocycles. The van der Waals surface area contributed by atoms with E-state index in [1.807, 2.05) is 0 Å². The van der Waals surface area contributed by atoms with Crippen LogP contribution in [-0.4, -0.2) is 41.1 Å². The van der Waals surface area contributed by atoms with Crippen LogP contribution in [0.3, 0.4) is 0 Å². The van der Waals surface area contributed by atoms with Gasteiger partial charge in [-0.15, -0.1) is 12.4 Å². The molecular formula is C17H26ClN5O4S. The number of piperidine rings is 1. The zero-order valence-corrected chi connectivity index (χ0v) is 17.7. The van der Waals surface area contributed by atoms with Crippen molar-refractivity contribution >= 4 is 22.4 Å². The molecule has 1 saturated carbocycles. The summed E-state index contributed by atoms with van der Waals surface area (Å²) in [6.07, 6.45) is 5.17. The van der Waals surface area contributed by atoms with Gasteiger partial charge in [-0.2, -0.15) is 9.29 Å². The van der Waals surface area contributed by atoms with Crippen molar-refractivity contribution in [3.8, 4) is 0 Å². The first-order chi connectivity index (χ1) is 12.8. The lowest BCUT2D eigenvalue weighted by Gasteiger charge is -2.29. The van der Waals surface area contributed by atoms with Crippen molar-refractivity contribution < 1.29 is 17.5 Å². The van der Waals surface area contributed by atoms with Gasteiger partial charge >= 0.3 is 0 Å². The number of halogens is 1. The largest absolute Gasteiger partial charge is 0.360 e. The van der Waals surface area contributed by atoms with E-state index in [2.05, 4.69) is 15.3 Å². The van der Waals surface area contributed by atoms with Crippen LogP contribution >= 0.6 is 12.4 Å². The average Bonchev–Trinajstić information content (AvgIpc) is 3.36. The highest BCUT2D eigenvalue weighted by Crippen LogP contribution is 2.36. The van der Waals surface area contributed by atoms with Crippen molar-refractivity contribution in [3.05, 3.63) is 23.2 Å². The van der Waals surface area contributed by atoms with Gasteiger partial charge in [0.1, 0.15) is 10.6 Å². The Hall–Kier alpha value is -1.49. The van der Waals surface area contributed by atoms with E-state index in [4.69, 9.17) is 14.8 Å². The van der Waals surface area contributed by atoms with E-state index >= 15 is 0 Å². The molecule has 28 heavy (non-hydrogen) atoms. The molecule has 2 aromatic rings. The number of rotatable bonds is 4. The van der Waals surface area contributed by atoms with Crippen LogP contribution in [0.2, 0.25) is 0 Å². The van der Waals surface area contributed by atoms with Crippen LogP contribution in [-0.2, 0) is 15.6 Å². The maximum atomic E-state index is 12.9. The number of hydrogen-bond donors (Lipinski definition) is 1. The van der Waals surface area contributed by atoms with Gasteiger partial charge in [-0.1, -0.05) is 23.2 Å². The normalized spacial score (nSPS) is 21.0. The van der Waals surface area contributed by atoms with E-state index in [1.165, 1.54) is 4.31 Å². The van der Waals surface area contributed by atoms with Gasteiger partial charge in [0.25, 0.3) is 0 Å². The molecule has 0 atom stereocenters. The van der Waals surface area contributed by atoms with Crippen LogP contribution in [0.4, 0.5) is 0 Å². The molecule has 1 aliphatic carbocycles. The van der Waals surface area contributed by atoms with Crippen LogP contribution in [0.15, 0.2) is 13.9 Å². The summed E-state index contributed by atoms with van der Waals surface area (Å²) in [6.45, 7) is 4.04. The van der Waals surface area contributed by atoms with Gasteiger partial charge in [-0.3, -0.25) is 0 Å². The Morgan fingerprint density at radius 3 is 2.32 bits per heavy atom. The Morgan fingerprint density at radius 2 is 1.75 bits per heavy atom. The molecule has 0 radical (unpaired) electrons. The van der Waals surface area contributed by atoms with Crippen LogP contribution in [0.25, 0.3) is 0 Å². The molecule has 2 aliphatic rings. The highest BCUT2D eigenvalue weighted by molar-refractivity contribution is 7.89. The van der Waals surface area contributed by atoms with Crippen LogP contribution < -0.4 is 5.73 Å². The first-order valence-corrected chi connectivity index (χ1v) is 10.8. The molecule has 1 saturated heterocycles. The molecule has 0 bridgehead atoms. The molecule has 0 aromatic carbocycles. The number of aromatic nitrogens is 3. The summed E-state index contributed by atoms with van der Waals surface area (Å²) < 4.78 is 37.8. The quantitative estimate of drug-likeness (QED) is 0.781. The maximum Gasteiger partial charge on any atom is 0.248 e. The van der Waals surface area contributed by atoms with Gasteiger partial charge in [0.15, 0.2) is 11.6 Å². The Morgan fingerprint density at radius 1 is 1.11 bits per heavy atom. The molecule has 2 aromatic heterocycles. The molecule has 156 valence electrons. The van der Waals surface area contributed by atoms with Gasteiger partial charge in [0.2, 0.25) is 15.9 Å². The molecule has 0 unspecified atom stereocenters. The lowest BCUT2D eigenvalue weighted by atomic mass is 9.97. The number of sulfonamides is 1. The summed E-state index contributed by atoms with van der Waals surface area (Å²) in [5.74, 6) is 1.52. The Bertz CT molecular complexity index is 908.